The van der Waals surface area contributed by atoms with Crippen molar-refractivity contribution in [2.75, 3.05) is 26.3 Å². The molecule has 1 heterocycles. The van der Waals surface area contributed by atoms with Gasteiger partial charge in [0.15, 0.2) is 0 Å². The lowest BCUT2D eigenvalue weighted by Gasteiger charge is -2.44. The van der Waals surface area contributed by atoms with Crippen LogP contribution in [-0.4, -0.2) is 42.8 Å². The highest BCUT2D eigenvalue weighted by atomic mass is 35.5. The average molecular weight is 301 g/mol. The molecule has 0 aromatic heterocycles. The van der Waals surface area contributed by atoms with Gasteiger partial charge in [-0.25, -0.2) is 4.39 Å². The lowest BCUT2D eigenvalue weighted by molar-refractivity contribution is -0.0186. The summed E-state index contributed by atoms with van der Waals surface area (Å²) in [6.45, 7) is 7.58. The van der Waals surface area contributed by atoms with E-state index in [1.807, 2.05) is 0 Å². The van der Waals surface area contributed by atoms with Crippen molar-refractivity contribution in [1.82, 2.24) is 4.90 Å². The third-order valence-corrected chi connectivity index (χ3v) is 4.46. The van der Waals surface area contributed by atoms with Crippen LogP contribution in [0.25, 0.3) is 0 Å². The first-order valence-corrected chi connectivity index (χ1v) is 7.31. The Bertz CT molecular complexity index is 461. The van der Waals surface area contributed by atoms with E-state index in [-0.39, 0.29) is 16.6 Å². The Morgan fingerprint density at radius 2 is 2.05 bits per heavy atom. The highest BCUT2D eigenvalue weighted by Gasteiger charge is 2.34. The molecule has 112 valence electrons. The fourth-order valence-corrected chi connectivity index (χ4v) is 2.75. The minimum atomic E-state index is -0.392. The van der Waals surface area contributed by atoms with E-state index in [1.54, 1.807) is 12.1 Å². The topological polar surface area (TPSA) is 38.5 Å². The normalized spacial score (nSPS) is 19.1. The molecule has 1 unspecified atom stereocenters. The molecule has 3 nitrogen and oxygen atoms in total. The van der Waals surface area contributed by atoms with Crippen LogP contribution in [-0.2, 0) is 11.2 Å². The fraction of sp³-hybridized carbons (Fsp3) is 0.600. The maximum absolute atomic E-state index is 13.2. The van der Waals surface area contributed by atoms with E-state index >= 15 is 0 Å². The second-order valence-corrected chi connectivity index (χ2v) is 6.22. The lowest BCUT2D eigenvalue weighted by atomic mass is 9.88. The highest BCUT2D eigenvalue weighted by Crippen LogP contribution is 2.23. The summed E-state index contributed by atoms with van der Waals surface area (Å²) in [7, 11) is 0. The van der Waals surface area contributed by atoms with Crippen LogP contribution in [0.4, 0.5) is 4.39 Å². The summed E-state index contributed by atoms with van der Waals surface area (Å²) in [5.74, 6) is -0.392. The Hall–Kier alpha value is -0.680. The van der Waals surface area contributed by atoms with E-state index in [0.29, 0.717) is 6.42 Å². The molecule has 1 aliphatic rings. The van der Waals surface area contributed by atoms with Crippen molar-refractivity contribution in [1.29, 1.82) is 0 Å². The Balaban J connectivity index is 2.05. The summed E-state index contributed by atoms with van der Waals surface area (Å²) >= 11 is 5.82. The minimum absolute atomic E-state index is 0.0536. The summed E-state index contributed by atoms with van der Waals surface area (Å²) in [4.78, 5) is 2.35. The van der Waals surface area contributed by atoms with Gasteiger partial charge in [0.25, 0.3) is 0 Å². The molecule has 20 heavy (non-hydrogen) atoms. The summed E-state index contributed by atoms with van der Waals surface area (Å²) in [6, 6.07) is 4.75. The molecule has 0 spiro atoms. The Labute approximate surface area is 124 Å². The SMILES string of the molecule is CC(C)(C(N)Cc1ccc(F)c(Cl)c1)N1CCOCC1. The third kappa shape index (κ3) is 3.50. The molecular weight excluding hydrogens is 279 g/mol. The Kier molecular flexibility index (Phi) is 5.02. The molecule has 1 aromatic carbocycles. The Morgan fingerprint density at radius 3 is 2.65 bits per heavy atom. The molecule has 0 amide bonds. The summed E-state index contributed by atoms with van der Waals surface area (Å²) in [6.07, 6.45) is 0.671. The first-order valence-electron chi connectivity index (χ1n) is 6.93. The maximum atomic E-state index is 13.2. The highest BCUT2D eigenvalue weighted by molar-refractivity contribution is 6.30. The van der Waals surface area contributed by atoms with Crippen molar-refractivity contribution in [2.24, 2.45) is 5.73 Å². The molecular formula is C15H22ClFN2O. The molecule has 1 saturated heterocycles. The number of hydrogen-bond acceptors (Lipinski definition) is 3. The van der Waals surface area contributed by atoms with Crippen LogP contribution in [0.1, 0.15) is 19.4 Å². The molecule has 0 saturated carbocycles. The Morgan fingerprint density at radius 1 is 1.40 bits per heavy atom. The van der Waals surface area contributed by atoms with Crippen molar-refractivity contribution in [3.63, 3.8) is 0 Å². The lowest BCUT2D eigenvalue weighted by Crippen LogP contribution is -2.59. The zero-order chi connectivity index (χ0) is 14.8. The predicted octanol–water partition coefficient (Wildman–Crippen LogP) is 2.46. The van der Waals surface area contributed by atoms with Gasteiger partial charge in [0.2, 0.25) is 0 Å². The summed E-state index contributed by atoms with van der Waals surface area (Å²) in [5, 5.41) is 0.152. The molecule has 1 fully saturated rings. The van der Waals surface area contributed by atoms with E-state index in [9.17, 15) is 4.39 Å². The monoisotopic (exact) mass is 300 g/mol. The number of hydrogen-bond donors (Lipinski definition) is 1. The number of morpholine rings is 1. The first-order chi connectivity index (χ1) is 9.41. The number of ether oxygens (including phenoxy) is 1. The molecule has 0 bridgehead atoms. The molecule has 0 aliphatic carbocycles. The number of benzene rings is 1. The van der Waals surface area contributed by atoms with Crippen LogP contribution in [0, 0.1) is 5.82 Å². The average Bonchev–Trinajstić information content (AvgIpc) is 2.44. The number of nitrogens with zero attached hydrogens (tertiary/aromatic N) is 1. The zero-order valence-electron chi connectivity index (χ0n) is 12.0. The van der Waals surface area contributed by atoms with E-state index in [2.05, 4.69) is 18.7 Å². The molecule has 2 N–H and O–H groups in total. The first kappa shape index (κ1) is 15.7. The quantitative estimate of drug-likeness (QED) is 0.928. The standard InChI is InChI=1S/C15H22ClFN2O/c1-15(2,19-5-7-20-8-6-19)14(18)10-11-3-4-13(17)12(16)9-11/h3-4,9,14H,5-8,10,18H2,1-2H3. The van der Waals surface area contributed by atoms with Crippen molar-refractivity contribution in [2.45, 2.75) is 31.8 Å². The van der Waals surface area contributed by atoms with Gasteiger partial charge in [-0.05, 0) is 38.0 Å². The fourth-order valence-electron chi connectivity index (χ4n) is 2.54. The van der Waals surface area contributed by atoms with Crippen molar-refractivity contribution < 1.29 is 9.13 Å². The van der Waals surface area contributed by atoms with Crippen LogP contribution in [0.3, 0.4) is 0 Å². The van der Waals surface area contributed by atoms with Crippen LogP contribution in [0.2, 0.25) is 5.02 Å². The van der Waals surface area contributed by atoms with E-state index in [0.717, 1.165) is 31.9 Å². The van der Waals surface area contributed by atoms with Crippen LogP contribution in [0.15, 0.2) is 18.2 Å². The van der Waals surface area contributed by atoms with Gasteiger partial charge >= 0.3 is 0 Å². The second-order valence-electron chi connectivity index (χ2n) is 5.81. The van der Waals surface area contributed by atoms with Gasteiger partial charge in [0, 0.05) is 24.7 Å². The number of rotatable bonds is 4. The second kappa shape index (κ2) is 6.39. The van der Waals surface area contributed by atoms with Gasteiger partial charge in [-0.1, -0.05) is 17.7 Å². The molecule has 2 rings (SSSR count). The molecule has 5 heteroatoms. The zero-order valence-corrected chi connectivity index (χ0v) is 12.8. The predicted molar refractivity (Wildman–Crippen MR) is 79.6 cm³/mol. The summed E-state index contributed by atoms with van der Waals surface area (Å²) < 4.78 is 18.6. The molecule has 1 aromatic rings. The van der Waals surface area contributed by atoms with Crippen molar-refractivity contribution in [3.8, 4) is 0 Å². The molecule has 1 atom stereocenters. The maximum Gasteiger partial charge on any atom is 0.141 e. The van der Waals surface area contributed by atoms with Crippen LogP contribution in [0.5, 0.6) is 0 Å². The van der Waals surface area contributed by atoms with Gasteiger partial charge in [-0.3, -0.25) is 4.90 Å². The summed E-state index contributed by atoms with van der Waals surface area (Å²) in [5.41, 5.74) is 7.21. The molecule has 1 aliphatic heterocycles. The molecule has 0 radical (unpaired) electrons. The van der Waals surface area contributed by atoms with Crippen LogP contribution < -0.4 is 5.73 Å². The number of halogens is 2. The van der Waals surface area contributed by atoms with Gasteiger partial charge < -0.3 is 10.5 Å². The van der Waals surface area contributed by atoms with E-state index in [4.69, 9.17) is 22.1 Å². The van der Waals surface area contributed by atoms with E-state index in [1.165, 1.54) is 6.07 Å². The van der Waals surface area contributed by atoms with Crippen LogP contribution >= 0.6 is 11.6 Å². The van der Waals surface area contributed by atoms with Gasteiger partial charge in [0.1, 0.15) is 5.82 Å². The van der Waals surface area contributed by atoms with Crippen molar-refractivity contribution >= 4 is 11.6 Å². The number of nitrogens with two attached hydrogens (primary N) is 1. The largest absolute Gasteiger partial charge is 0.379 e. The van der Waals surface area contributed by atoms with Gasteiger partial charge in [-0.15, -0.1) is 0 Å². The smallest absolute Gasteiger partial charge is 0.141 e. The van der Waals surface area contributed by atoms with Gasteiger partial charge in [-0.2, -0.15) is 0 Å². The van der Waals surface area contributed by atoms with Gasteiger partial charge in [0.05, 0.1) is 18.2 Å². The third-order valence-electron chi connectivity index (χ3n) is 4.17. The van der Waals surface area contributed by atoms with Crippen molar-refractivity contribution in [3.05, 3.63) is 34.6 Å². The minimum Gasteiger partial charge on any atom is -0.379 e. The van der Waals surface area contributed by atoms with E-state index < -0.39 is 5.82 Å².